The van der Waals surface area contributed by atoms with Crippen LogP contribution in [0, 0.1) is 82.9 Å². The molecule has 0 atom stereocenters. The van der Waals surface area contributed by atoms with E-state index in [9.17, 15) is 0 Å². The summed E-state index contributed by atoms with van der Waals surface area (Å²) in [5.41, 5.74) is 36.8. The molecule has 5 nitrogen and oxygen atoms in total. The number of hydrogen-bond donors (Lipinski definition) is 0. The molecule has 0 unspecified atom stereocenters. The van der Waals surface area contributed by atoms with Crippen molar-refractivity contribution in [2.24, 2.45) is 35.2 Å². The van der Waals surface area contributed by atoms with Gasteiger partial charge in [-0.05, 0) is 197 Å². The van der Waals surface area contributed by atoms with E-state index >= 15 is 0 Å². The van der Waals surface area contributed by atoms with E-state index in [0.717, 1.165) is 44.8 Å². The molecule has 10 aromatic carbocycles. The zero-order valence-electron chi connectivity index (χ0n) is 70.8. The molecule has 5 aromatic heterocycles. The van der Waals surface area contributed by atoms with Crippen molar-refractivity contribution < 1.29 is 31.1 Å². The van der Waals surface area contributed by atoms with Crippen molar-refractivity contribution in [2.45, 2.75) is 120 Å². The van der Waals surface area contributed by atoms with Gasteiger partial charge in [0.15, 0.2) is 31.0 Å². The molecule has 0 amide bonds. The lowest BCUT2D eigenvalue weighted by molar-refractivity contribution is -0.660. The Labute approximate surface area is 683 Å². The number of pyridine rings is 5. The SMILES string of the molecule is C.C.C.C.C.Cc1c[n+](C)c(-c2ccccc2C)cc1-c1ccccc1.Cc1cc(-c2ccccc2C)[n+](C)cc1-c1ccccc1.Cc1ccc(-c2cc(C)c(-c3ccccc3)c[n+]2C)c(C)c1.[2H]C([2H])([2H])c1c[n+](C)c(-c2ccccc2C)cc1-c1ccccc1.[2H]C([2H])([2H])c1ccc(-c2cc(C)c(-c3ccccc3)c[n+]2C)c(C)c1. The van der Waals surface area contributed by atoms with Crippen LogP contribution in [-0.4, -0.2) is 0 Å². The van der Waals surface area contributed by atoms with E-state index in [1.807, 2.05) is 98.4 Å². The van der Waals surface area contributed by atoms with Gasteiger partial charge >= 0.3 is 0 Å². The third-order valence-corrected chi connectivity index (χ3v) is 20.0. The quantitative estimate of drug-likeness (QED) is 0.122. The maximum atomic E-state index is 7.90. The summed E-state index contributed by atoms with van der Waals surface area (Å²) in [6.45, 7) is 17.1. The first kappa shape index (κ1) is 79.5. The summed E-state index contributed by atoms with van der Waals surface area (Å²) < 4.78 is 57.1. The second-order valence-corrected chi connectivity index (χ2v) is 28.2. The Morgan fingerprint density at radius 2 is 0.411 bits per heavy atom. The second kappa shape index (κ2) is 41.1. The first-order chi connectivity index (χ1) is 54.0. The molecule has 0 saturated heterocycles. The molecule has 0 radical (unpaired) electrons. The van der Waals surface area contributed by atoms with E-state index in [1.54, 1.807) is 18.3 Å². The molecule has 0 N–H and O–H groups in total. The van der Waals surface area contributed by atoms with Crippen molar-refractivity contribution in [3.8, 4) is 112 Å². The molecule has 15 aromatic rings. The third kappa shape index (κ3) is 21.5. The van der Waals surface area contributed by atoms with Gasteiger partial charge in [-0.3, -0.25) is 0 Å². The smallest absolute Gasteiger partial charge is 0.201 e. The van der Waals surface area contributed by atoms with Crippen molar-refractivity contribution in [1.29, 1.82) is 0 Å². The van der Waals surface area contributed by atoms with Crippen LogP contribution < -0.4 is 22.8 Å². The van der Waals surface area contributed by atoms with Crippen LogP contribution >= 0.6 is 0 Å². The molecule has 5 heterocycles. The first-order valence-corrected chi connectivity index (χ1v) is 36.7. The molecule has 0 aliphatic carbocycles. The average Bonchev–Trinajstić information content (AvgIpc) is 0.781. The van der Waals surface area contributed by atoms with E-state index in [-0.39, 0.29) is 37.1 Å². The highest BCUT2D eigenvalue weighted by molar-refractivity contribution is 5.76. The fourth-order valence-corrected chi connectivity index (χ4v) is 14.2. The summed E-state index contributed by atoms with van der Waals surface area (Å²) in [5.74, 6) is 0. The van der Waals surface area contributed by atoms with Crippen molar-refractivity contribution in [3.05, 3.63) is 389 Å². The van der Waals surface area contributed by atoms with Gasteiger partial charge < -0.3 is 0 Å². The van der Waals surface area contributed by atoms with Gasteiger partial charge in [0.1, 0.15) is 35.2 Å². The molecule has 0 bridgehead atoms. The van der Waals surface area contributed by atoms with Crippen LogP contribution in [0.25, 0.3) is 112 Å². The van der Waals surface area contributed by atoms with Gasteiger partial charge in [0.2, 0.25) is 28.5 Å². The highest BCUT2D eigenvalue weighted by Gasteiger charge is 2.22. The standard InChI is InChI=1S/2C21H22N.3C20H20N.5CH4/c2*1-15-10-11-19(16(2)12-15)21-13-17(3)20(14-22(21)4)18-8-6-5-7-9-18;2*1-15-9-7-8-12-18(15)20-13-19(16(2)14-21(20)3)17-10-5-4-6-11-17;1-15-9-7-8-12-18(15)20-13-16(2)19(14-21(20)3)17-10-5-4-6-11-17;;;;;/h2*5-14H,1-4H3;3*4-14H,1-3H3;5*1H4/q5*+1;;;;;/i1D3;;2D3;;;;;;;. The number of nitrogens with zero attached hydrogens (tertiary/aromatic N) is 5. The van der Waals surface area contributed by atoms with Gasteiger partial charge in [-0.2, -0.15) is 0 Å². The normalized spacial score (nSPS) is 11.2. The van der Waals surface area contributed by atoms with E-state index in [1.165, 1.54) is 123 Å². The molecule has 5 heteroatoms. The summed E-state index contributed by atoms with van der Waals surface area (Å²) >= 11 is 0. The van der Waals surface area contributed by atoms with E-state index < -0.39 is 13.7 Å². The van der Waals surface area contributed by atoms with Gasteiger partial charge in [-0.15, -0.1) is 0 Å². The molecule has 572 valence electrons. The van der Waals surface area contributed by atoms with Crippen LogP contribution in [-0.2, 0) is 35.2 Å². The lowest BCUT2D eigenvalue weighted by Crippen LogP contribution is -2.31. The minimum Gasteiger partial charge on any atom is -0.201 e. The summed E-state index contributed by atoms with van der Waals surface area (Å²) in [6.07, 6.45) is 10.5. The maximum Gasteiger partial charge on any atom is 0.213 e. The minimum atomic E-state index is -2.16. The Morgan fingerprint density at radius 1 is 0.179 bits per heavy atom. The van der Waals surface area contributed by atoms with Crippen LogP contribution in [0.5, 0.6) is 0 Å². The predicted octanol–water partition coefficient (Wildman–Crippen LogP) is 26.1. The molecular formula is C107H124N5+5. The lowest BCUT2D eigenvalue weighted by atomic mass is 9.97. The lowest BCUT2D eigenvalue weighted by Gasteiger charge is -2.10. The Kier molecular flexibility index (Phi) is 29.2. The van der Waals surface area contributed by atoms with Crippen LogP contribution in [0.3, 0.4) is 0 Å². The van der Waals surface area contributed by atoms with Gasteiger partial charge in [0.05, 0.1) is 0 Å². The fraction of sp³-hybridized carbons (Fsp3) is 0.206. The monoisotopic (exact) mass is 1490 g/mol. The summed E-state index contributed by atoms with van der Waals surface area (Å²) in [7, 11) is 10.3. The average molecular weight is 1490 g/mol. The van der Waals surface area contributed by atoms with Crippen molar-refractivity contribution in [1.82, 2.24) is 0 Å². The maximum absolute atomic E-state index is 7.90. The largest absolute Gasteiger partial charge is 0.213 e. The molecular weight excluding hydrogens is 1360 g/mol. The van der Waals surface area contributed by atoms with Crippen LogP contribution in [0.1, 0.15) is 112 Å². The molecule has 15 rings (SSSR count). The first-order valence-electron chi connectivity index (χ1n) is 39.7. The summed E-state index contributed by atoms with van der Waals surface area (Å²) in [4.78, 5) is 0. The second-order valence-electron chi connectivity index (χ2n) is 28.2. The van der Waals surface area contributed by atoms with Crippen LogP contribution in [0.15, 0.2) is 322 Å². The molecule has 0 spiro atoms. The number of aryl methyl sites for hydroxylation is 17. The Bertz CT molecular complexity index is 5820. The number of hydrogen-bond acceptors (Lipinski definition) is 0. The molecule has 0 saturated carbocycles. The highest BCUT2D eigenvalue weighted by atomic mass is 14.9. The van der Waals surface area contributed by atoms with Crippen molar-refractivity contribution in [2.75, 3.05) is 0 Å². The summed E-state index contributed by atoms with van der Waals surface area (Å²) in [5, 5.41) is 0. The highest BCUT2D eigenvalue weighted by Crippen LogP contribution is 2.34. The van der Waals surface area contributed by atoms with Gasteiger partial charge in [-0.1, -0.05) is 279 Å². The van der Waals surface area contributed by atoms with Gasteiger partial charge in [0.25, 0.3) is 0 Å². The molecule has 0 aliphatic heterocycles. The van der Waals surface area contributed by atoms with Gasteiger partial charge in [0, 0.05) is 94.2 Å². The topological polar surface area (TPSA) is 19.4 Å². The van der Waals surface area contributed by atoms with Crippen molar-refractivity contribution in [3.63, 3.8) is 0 Å². The zero-order chi connectivity index (χ0) is 80.8. The predicted molar refractivity (Wildman–Crippen MR) is 483 cm³/mol. The number of benzene rings is 10. The Morgan fingerprint density at radius 3 is 0.705 bits per heavy atom. The number of aromatic nitrogens is 5. The van der Waals surface area contributed by atoms with Crippen LogP contribution in [0.4, 0.5) is 0 Å². The van der Waals surface area contributed by atoms with E-state index in [2.05, 4.69) is 333 Å². The van der Waals surface area contributed by atoms with E-state index in [4.69, 9.17) is 8.22 Å². The van der Waals surface area contributed by atoms with E-state index in [0.29, 0.717) is 11.1 Å². The Hall–Kier alpha value is -12.1. The minimum absolute atomic E-state index is 0. The Balaban J connectivity index is 0.000000227. The number of rotatable bonds is 10. The molecule has 112 heavy (non-hydrogen) atoms. The van der Waals surface area contributed by atoms with Gasteiger partial charge in [-0.25, -0.2) is 22.8 Å². The third-order valence-electron chi connectivity index (χ3n) is 20.0. The summed E-state index contributed by atoms with van der Waals surface area (Å²) in [6, 6.07) is 100. The zero-order valence-corrected chi connectivity index (χ0v) is 64.8. The fourth-order valence-electron chi connectivity index (χ4n) is 14.2. The van der Waals surface area contributed by atoms with Crippen LogP contribution in [0.2, 0.25) is 0 Å². The molecule has 0 fully saturated rings. The molecule has 0 aliphatic rings. The van der Waals surface area contributed by atoms with Crippen molar-refractivity contribution >= 4 is 0 Å².